The SMILES string of the molecule is COc1ccc(OC)c(-c2nn(-c3ccccc3)cc2CCC(=O)N2CCCC2)c1. The molecule has 1 aliphatic heterocycles. The van der Waals surface area contributed by atoms with Gasteiger partial charge in [-0.3, -0.25) is 4.79 Å². The van der Waals surface area contributed by atoms with E-state index in [4.69, 9.17) is 14.6 Å². The van der Waals surface area contributed by atoms with E-state index in [1.54, 1.807) is 14.2 Å². The van der Waals surface area contributed by atoms with Gasteiger partial charge in [0.05, 0.1) is 25.6 Å². The minimum atomic E-state index is 0.212. The van der Waals surface area contributed by atoms with Crippen molar-refractivity contribution >= 4 is 5.91 Å². The number of ether oxygens (including phenoxy) is 2. The van der Waals surface area contributed by atoms with Gasteiger partial charge in [0.25, 0.3) is 0 Å². The predicted octanol–water partition coefficient (Wildman–Crippen LogP) is 4.11. The molecule has 0 aliphatic carbocycles. The lowest BCUT2D eigenvalue weighted by molar-refractivity contribution is -0.130. The Morgan fingerprint density at radius 3 is 2.50 bits per heavy atom. The fourth-order valence-corrected chi connectivity index (χ4v) is 3.90. The van der Waals surface area contributed by atoms with Crippen LogP contribution < -0.4 is 9.47 Å². The summed E-state index contributed by atoms with van der Waals surface area (Å²) in [5.41, 5.74) is 3.65. The van der Waals surface area contributed by atoms with Crippen LogP contribution in [0.2, 0.25) is 0 Å². The van der Waals surface area contributed by atoms with E-state index in [-0.39, 0.29) is 5.91 Å². The molecule has 0 saturated carbocycles. The van der Waals surface area contributed by atoms with E-state index in [9.17, 15) is 4.79 Å². The van der Waals surface area contributed by atoms with Crippen LogP contribution in [0.1, 0.15) is 24.8 Å². The highest BCUT2D eigenvalue weighted by Crippen LogP contribution is 2.35. The highest BCUT2D eigenvalue weighted by atomic mass is 16.5. The van der Waals surface area contributed by atoms with E-state index < -0.39 is 0 Å². The molecular formula is C24H27N3O3. The largest absolute Gasteiger partial charge is 0.497 e. The summed E-state index contributed by atoms with van der Waals surface area (Å²) in [4.78, 5) is 14.6. The quantitative estimate of drug-likeness (QED) is 0.594. The van der Waals surface area contributed by atoms with Crippen LogP contribution in [-0.4, -0.2) is 47.9 Å². The molecule has 156 valence electrons. The molecular weight excluding hydrogens is 378 g/mol. The minimum absolute atomic E-state index is 0.212. The van der Waals surface area contributed by atoms with E-state index in [1.165, 1.54) is 0 Å². The van der Waals surface area contributed by atoms with Crippen molar-refractivity contribution < 1.29 is 14.3 Å². The molecule has 2 aromatic carbocycles. The average molecular weight is 405 g/mol. The Bertz CT molecular complexity index is 1010. The molecule has 0 bridgehead atoms. The van der Waals surface area contributed by atoms with Gasteiger partial charge in [-0.25, -0.2) is 4.68 Å². The number of benzene rings is 2. The molecule has 0 unspecified atom stereocenters. The summed E-state index contributed by atoms with van der Waals surface area (Å²) in [6.45, 7) is 1.75. The first-order valence-electron chi connectivity index (χ1n) is 10.3. The molecule has 6 heteroatoms. The second kappa shape index (κ2) is 9.03. The Morgan fingerprint density at radius 2 is 1.80 bits per heavy atom. The zero-order chi connectivity index (χ0) is 20.9. The van der Waals surface area contributed by atoms with E-state index >= 15 is 0 Å². The van der Waals surface area contributed by atoms with Gasteiger partial charge in [0.15, 0.2) is 0 Å². The molecule has 0 spiro atoms. The third kappa shape index (κ3) is 4.17. The maximum absolute atomic E-state index is 12.6. The third-order valence-corrected chi connectivity index (χ3v) is 5.54. The molecule has 30 heavy (non-hydrogen) atoms. The Kier molecular flexibility index (Phi) is 6.02. The van der Waals surface area contributed by atoms with E-state index in [0.717, 1.165) is 59.9 Å². The minimum Gasteiger partial charge on any atom is -0.497 e. The highest BCUT2D eigenvalue weighted by Gasteiger charge is 2.21. The van der Waals surface area contributed by atoms with Gasteiger partial charge in [0.1, 0.15) is 11.5 Å². The summed E-state index contributed by atoms with van der Waals surface area (Å²) in [5.74, 6) is 1.67. The number of amides is 1. The topological polar surface area (TPSA) is 56.6 Å². The van der Waals surface area contributed by atoms with Crippen LogP contribution in [0.5, 0.6) is 11.5 Å². The third-order valence-electron chi connectivity index (χ3n) is 5.54. The molecule has 1 fully saturated rings. The first-order chi connectivity index (χ1) is 14.7. The van der Waals surface area contributed by atoms with E-state index in [0.29, 0.717) is 12.8 Å². The normalized spacial score (nSPS) is 13.5. The molecule has 1 aromatic heterocycles. The van der Waals surface area contributed by atoms with E-state index in [2.05, 4.69) is 0 Å². The van der Waals surface area contributed by atoms with Gasteiger partial charge in [-0.15, -0.1) is 0 Å². The Morgan fingerprint density at radius 1 is 1.03 bits per heavy atom. The first-order valence-corrected chi connectivity index (χ1v) is 10.3. The molecule has 2 heterocycles. The average Bonchev–Trinajstić information content (AvgIpc) is 3.48. The highest BCUT2D eigenvalue weighted by molar-refractivity contribution is 5.78. The number of likely N-dealkylation sites (tertiary alicyclic amines) is 1. The van der Waals surface area contributed by atoms with Gasteiger partial charge in [0, 0.05) is 31.3 Å². The lowest BCUT2D eigenvalue weighted by atomic mass is 10.0. The van der Waals surface area contributed by atoms with Crippen molar-refractivity contribution in [3.8, 4) is 28.4 Å². The van der Waals surface area contributed by atoms with Crippen molar-refractivity contribution in [3.05, 3.63) is 60.3 Å². The zero-order valence-corrected chi connectivity index (χ0v) is 17.5. The van der Waals surface area contributed by atoms with Gasteiger partial charge >= 0.3 is 0 Å². The maximum Gasteiger partial charge on any atom is 0.222 e. The summed E-state index contributed by atoms with van der Waals surface area (Å²) in [6.07, 6.45) is 5.31. The molecule has 0 atom stereocenters. The maximum atomic E-state index is 12.6. The second-order valence-electron chi connectivity index (χ2n) is 7.44. The number of aromatic nitrogens is 2. The lowest BCUT2D eigenvalue weighted by Crippen LogP contribution is -2.27. The van der Waals surface area contributed by atoms with Crippen molar-refractivity contribution in [3.63, 3.8) is 0 Å². The Hall–Kier alpha value is -3.28. The number of hydrogen-bond donors (Lipinski definition) is 0. The lowest BCUT2D eigenvalue weighted by Gasteiger charge is -2.15. The van der Waals surface area contributed by atoms with Crippen LogP contribution in [0, 0.1) is 0 Å². The summed E-state index contributed by atoms with van der Waals surface area (Å²) < 4.78 is 12.9. The molecule has 4 rings (SSSR count). The van der Waals surface area contributed by atoms with Crippen LogP contribution in [0.15, 0.2) is 54.7 Å². The van der Waals surface area contributed by atoms with Crippen molar-refractivity contribution in [2.75, 3.05) is 27.3 Å². The van der Waals surface area contributed by atoms with Gasteiger partial charge < -0.3 is 14.4 Å². The molecule has 0 N–H and O–H groups in total. The van der Waals surface area contributed by atoms with Crippen LogP contribution in [-0.2, 0) is 11.2 Å². The van der Waals surface area contributed by atoms with Gasteiger partial charge in [0.2, 0.25) is 5.91 Å². The summed E-state index contributed by atoms with van der Waals surface area (Å²) in [5, 5.41) is 4.87. The fourth-order valence-electron chi connectivity index (χ4n) is 3.90. The van der Waals surface area contributed by atoms with Crippen molar-refractivity contribution in [2.24, 2.45) is 0 Å². The second-order valence-corrected chi connectivity index (χ2v) is 7.44. The van der Waals surface area contributed by atoms with Crippen LogP contribution in [0.25, 0.3) is 16.9 Å². The first kappa shape index (κ1) is 20.0. The van der Waals surface area contributed by atoms with Gasteiger partial charge in [-0.1, -0.05) is 18.2 Å². The van der Waals surface area contributed by atoms with Crippen molar-refractivity contribution in [2.45, 2.75) is 25.7 Å². The van der Waals surface area contributed by atoms with Crippen LogP contribution in [0.4, 0.5) is 0 Å². The number of hydrogen-bond acceptors (Lipinski definition) is 4. The number of para-hydroxylation sites is 1. The Balaban J connectivity index is 1.71. The number of methoxy groups -OCH3 is 2. The van der Waals surface area contributed by atoms with Gasteiger partial charge in [-0.2, -0.15) is 5.10 Å². The molecule has 1 amide bonds. The van der Waals surface area contributed by atoms with Crippen molar-refractivity contribution in [1.82, 2.24) is 14.7 Å². The van der Waals surface area contributed by atoms with Crippen LogP contribution >= 0.6 is 0 Å². The number of aryl methyl sites for hydroxylation is 1. The number of rotatable bonds is 7. The van der Waals surface area contributed by atoms with Crippen molar-refractivity contribution in [1.29, 1.82) is 0 Å². The van der Waals surface area contributed by atoms with Crippen LogP contribution in [0.3, 0.4) is 0 Å². The summed E-state index contributed by atoms with van der Waals surface area (Å²) in [6, 6.07) is 15.7. The standard InChI is InChI=1S/C24H27N3O3/c1-29-20-11-12-22(30-2)21(16-20)24-18(10-13-23(28)26-14-6-7-15-26)17-27(25-24)19-8-4-3-5-9-19/h3-5,8-9,11-12,16-17H,6-7,10,13-15H2,1-2H3. The summed E-state index contributed by atoms with van der Waals surface area (Å²) >= 11 is 0. The number of carbonyl (C=O) groups is 1. The predicted molar refractivity (Wildman–Crippen MR) is 116 cm³/mol. The summed E-state index contributed by atoms with van der Waals surface area (Å²) in [7, 11) is 3.29. The molecule has 0 radical (unpaired) electrons. The number of nitrogens with zero attached hydrogens (tertiary/aromatic N) is 3. The molecule has 3 aromatic rings. The number of carbonyl (C=O) groups excluding carboxylic acids is 1. The van der Waals surface area contributed by atoms with E-state index in [1.807, 2.05) is 64.3 Å². The molecule has 1 saturated heterocycles. The zero-order valence-electron chi connectivity index (χ0n) is 17.5. The molecule has 1 aliphatic rings. The fraction of sp³-hybridized carbons (Fsp3) is 0.333. The molecule has 6 nitrogen and oxygen atoms in total. The Labute approximate surface area is 177 Å². The smallest absolute Gasteiger partial charge is 0.222 e. The monoisotopic (exact) mass is 405 g/mol. The van der Waals surface area contributed by atoms with Gasteiger partial charge in [-0.05, 0) is 55.2 Å².